The standard InChI is InChI=1S/C7H9N5O2/c8-5-6-4-7(10-11-9)2-1-3-13-12(7)14-6/h6H,1-4H2/t6-,7-/m0/s1. The molecule has 2 atom stereocenters. The number of hydroxylamine groups is 2. The van der Waals surface area contributed by atoms with E-state index in [2.05, 4.69) is 10.0 Å². The van der Waals surface area contributed by atoms with E-state index in [-0.39, 0.29) is 0 Å². The maximum absolute atomic E-state index is 8.70. The van der Waals surface area contributed by atoms with Crippen molar-refractivity contribution in [3.05, 3.63) is 10.4 Å². The molecule has 0 unspecified atom stereocenters. The Morgan fingerprint density at radius 3 is 3.29 bits per heavy atom. The molecule has 0 saturated carbocycles. The Bertz CT molecular complexity index is 321. The average molecular weight is 195 g/mol. The fourth-order valence-corrected chi connectivity index (χ4v) is 1.75. The Balaban J connectivity index is 2.25. The molecular formula is C7H9N5O2. The first-order valence-electron chi connectivity index (χ1n) is 4.36. The first-order chi connectivity index (χ1) is 6.80. The minimum absolute atomic E-state index is 0.369. The van der Waals surface area contributed by atoms with Gasteiger partial charge in [0.05, 0.1) is 12.7 Å². The molecule has 0 amide bonds. The summed E-state index contributed by atoms with van der Waals surface area (Å²) < 4.78 is 0. The number of nitrogens with zero attached hydrogens (tertiary/aromatic N) is 5. The van der Waals surface area contributed by atoms with Gasteiger partial charge in [-0.3, -0.25) is 9.68 Å². The van der Waals surface area contributed by atoms with Gasteiger partial charge in [0.15, 0.2) is 11.8 Å². The lowest BCUT2D eigenvalue weighted by Crippen LogP contribution is -2.44. The number of hydrogen-bond donors (Lipinski definition) is 0. The Labute approximate surface area is 80.3 Å². The Kier molecular flexibility index (Phi) is 2.27. The van der Waals surface area contributed by atoms with Crippen LogP contribution in [0.1, 0.15) is 19.3 Å². The minimum Gasteiger partial charge on any atom is -0.274 e. The van der Waals surface area contributed by atoms with Crippen molar-refractivity contribution in [1.29, 1.82) is 5.26 Å². The zero-order chi connectivity index (χ0) is 10.0. The van der Waals surface area contributed by atoms with Crippen LogP contribution in [0.15, 0.2) is 5.11 Å². The third kappa shape index (κ3) is 1.31. The lowest BCUT2D eigenvalue weighted by atomic mass is 9.99. The monoisotopic (exact) mass is 195 g/mol. The summed E-state index contributed by atoms with van der Waals surface area (Å²) in [7, 11) is 0. The highest BCUT2D eigenvalue weighted by Crippen LogP contribution is 2.39. The topological polar surface area (TPSA) is 94.2 Å². The van der Waals surface area contributed by atoms with Crippen LogP contribution in [0.4, 0.5) is 0 Å². The Hall–Kier alpha value is -1.32. The molecule has 0 aromatic rings. The second-order valence-electron chi connectivity index (χ2n) is 3.29. The van der Waals surface area contributed by atoms with E-state index in [9.17, 15) is 0 Å². The number of rotatable bonds is 1. The summed E-state index contributed by atoms with van der Waals surface area (Å²) in [4.78, 5) is 13.1. The van der Waals surface area contributed by atoms with Crippen molar-refractivity contribution in [2.24, 2.45) is 5.11 Å². The lowest BCUT2D eigenvalue weighted by Gasteiger charge is -2.34. The van der Waals surface area contributed by atoms with Crippen molar-refractivity contribution in [2.75, 3.05) is 6.61 Å². The number of fused-ring (bicyclic) bond motifs is 1. The molecule has 7 nitrogen and oxygen atoms in total. The molecular weight excluding hydrogens is 186 g/mol. The summed E-state index contributed by atoms with van der Waals surface area (Å²) in [5.41, 5.74) is 7.64. The molecule has 2 rings (SSSR count). The van der Waals surface area contributed by atoms with Gasteiger partial charge in [-0.2, -0.15) is 5.26 Å². The van der Waals surface area contributed by atoms with Crippen molar-refractivity contribution < 1.29 is 9.68 Å². The molecule has 2 fully saturated rings. The normalized spacial score (nSPS) is 36.9. The molecule has 2 aliphatic rings. The molecule has 0 aromatic carbocycles. The van der Waals surface area contributed by atoms with Crippen LogP contribution in [0.25, 0.3) is 10.4 Å². The molecule has 7 heteroatoms. The minimum atomic E-state index is -0.812. The van der Waals surface area contributed by atoms with Crippen molar-refractivity contribution >= 4 is 0 Å². The van der Waals surface area contributed by atoms with Gasteiger partial charge in [0.1, 0.15) is 0 Å². The van der Waals surface area contributed by atoms with E-state index in [0.29, 0.717) is 19.4 Å². The first kappa shape index (κ1) is 9.24. The van der Waals surface area contributed by atoms with Gasteiger partial charge in [0.25, 0.3) is 0 Å². The summed E-state index contributed by atoms with van der Waals surface area (Å²) in [6, 6.07) is 1.98. The van der Waals surface area contributed by atoms with Crippen molar-refractivity contribution in [1.82, 2.24) is 5.23 Å². The van der Waals surface area contributed by atoms with Crippen LogP contribution in [0.2, 0.25) is 0 Å². The maximum Gasteiger partial charge on any atom is 0.170 e. The van der Waals surface area contributed by atoms with Gasteiger partial charge in [-0.05, 0) is 18.4 Å². The van der Waals surface area contributed by atoms with Crippen molar-refractivity contribution in [2.45, 2.75) is 31.0 Å². The van der Waals surface area contributed by atoms with Crippen LogP contribution in [0.5, 0.6) is 0 Å². The second-order valence-corrected chi connectivity index (χ2v) is 3.29. The van der Waals surface area contributed by atoms with E-state index in [1.165, 1.54) is 5.23 Å². The van der Waals surface area contributed by atoms with Gasteiger partial charge in [0, 0.05) is 11.3 Å². The molecule has 0 spiro atoms. The van der Waals surface area contributed by atoms with Gasteiger partial charge in [-0.1, -0.05) is 10.3 Å². The zero-order valence-electron chi connectivity index (χ0n) is 7.46. The fraction of sp³-hybridized carbons (Fsp3) is 0.857. The van der Waals surface area contributed by atoms with Gasteiger partial charge in [0.2, 0.25) is 0 Å². The fourth-order valence-electron chi connectivity index (χ4n) is 1.75. The molecule has 0 bridgehead atoms. The molecule has 14 heavy (non-hydrogen) atoms. The van der Waals surface area contributed by atoms with Gasteiger partial charge in [-0.15, -0.1) is 0 Å². The maximum atomic E-state index is 8.70. The van der Waals surface area contributed by atoms with Crippen LogP contribution in [-0.4, -0.2) is 23.6 Å². The molecule has 2 heterocycles. The molecule has 0 radical (unpaired) electrons. The largest absolute Gasteiger partial charge is 0.274 e. The van der Waals surface area contributed by atoms with E-state index in [1.54, 1.807) is 0 Å². The van der Waals surface area contributed by atoms with Gasteiger partial charge >= 0.3 is 0 Å². The summed E-state index contributed by atoms with van der Waals surface area (Å²) in [5, 5.41) is 13.6. The summed E-state index contributed by atoms with van der Waals surface area (Å²) in [6.45, 7) is 0.529. The molecule has 0 N–H and O–H groups in total. The predicted molar refractivity (Wildman–Crippen MR) is 44.0 cm³/mol. The SMILES string of the molecule is N#C[C@@H]1C[C@]2(N=[N+]=[N-])CCCON2O1. The highest BCUT2D eigenvalue weighted by Gasteiger charge is 2.50. The van der Waals surface area contributed by atoms with Crippen LogP contribution >= 0.6 is 0 Å². The predicted octanol–water partition coefficient (Wildman–Crippen LogP) is 1.25. The van der Waals surface area contributed by atoms with E-state index in [0.717, 1.165) is 6.42 Å². The highest BCUT2D eigenvalue weighted by atomic mass is 17.0. The quantitative estimate of drug-likeness (QED) is 0.357. The third-order valence-corrected chi connectivity index (χ3v) is 2.38. The zero-order valence-corrected chi connectivity index (χ0v) is 7.46. The van der Waals surface area contributed by atoms with Crippen molar-refractivity contribution in [3.63, 3.8) is 0 Å². The molecule has 74 valence electrons. The van der Waals surface area contributed by atoms with E-state index < -0.39 is 11.8 Å². The number of hydrogen-bond acceptors (Lipinski definition) is 5. The van der Waals surface area contributed by atoms with Crippen molar-refractivity contribution in [3.8, 4) is 6.07 Å². The number of azide groups is 1. The molecule has 0 aliphatic carbocycles. The first-order valence-corrected chi connectivity index (χ1v) is 4.36. The highest BCUT2D eigenvalue weighted by molar-refractivity contribution is 4.99. The van der Waals surface area contributed by atoms with Gasteiger partial charge in [-0.25, -0.2) is 0 Å². The molecule has 2 aliphatic heterocycles. The lowest BCUT2D eigenvalue weighted by molar-refractivity contribution is -0.399. The average Bonchev–Trinajstić information content (AvgIpc) is 2.56. The van der Waals surface area contributed by atoms with Crippen LogP contribution < -0.4 is 0 Å². The van der Waals surface area contributed by atoms with E-state index in [4.69, 9.17) is 20.5 Å². The Morgan fingerprint density at radius 1 is 1.71 bits per heavy atom. The summed E-state index contributed by atoms with van der Waals surface area (Å²) in [5.74, 6) is 0. The van der Waals surface area contributed by atoms with E-state index >= 15 is 0 Å². The van der Waals surface area contributed by atoms with Crippen LogP contribution in [0.3, 0.4) is 0 Å². The van der Waals surface area contributed by atoms with E-state index in [1.807, 2.05) is 6.07 Å². The summed E-state index contributed by atoms with van der Waals surface area (Å²) in [6.07, 6.45) is 1.25. The van der Waals surface area contributed by atoms with Crippen LogP contribution in [0, 0.1) is 11.3 Å². The molecule has 2 saturated heterocycles. The molecule has 0 aromatic heterocycles. The third-order valence-electron chi connectivity index (χ3n) is 2.38. The van der Waals surface area contributed by atoms with Crippen LogP contribution in [-0.2, 0) is 9.68 Å². The second kappa shape index (κ2) is 3.44. The number of nitriles is 1. The summed E-state index contributed by atoms with van der Waals surface area (Å²) >= 11 is 0. The Morgan fingerprint density at radius 2 is 2.57 bits per heavy atom. The smallest absolute Gasteiger partial charge is 0.170 e. The van der Waals surface area contributed by atoms with Gasteiger partial charge < -0.3 is 0 Å².